The van der Waals surface area contributed by atoms with Crippen LogP contribution in [0.2, 0.25) is 0 Å². The molecule has 1 heterocycles. The predicted molar refractivity (Wildman–Crippen MR) is 56.2 cm³/mol. The minimum atomic E-state index is -0.361. The fraction of sp³-hybridized carbons (Fsp3) is 0.909. The summed E-state index contributed by atoms with van der Waals surface area (Å²) < 4.78 is 5.47. The fourth-order valence-corrected chi connectivity index (χ4v) is 1.31. The van der Waals surface area contributed by atoms with Crippen molar-refractivity contribution in [3.8, 4) is 0 Å². The van der Waals surface area contributed by atoms with Gasteiger partial charge >= 0.3 is 6.09 Å². The minimum absolute atomic E-state index is 0.152. The Morgan fingerprint density at radius 3 is 2.21 bits per heavy atom. The van der Waals surface area contributed by atoms with E-state index in [1.165, 1.54) is 0 Å². The van der Waals surface area contributed by atoms with Crippen molar-refractivity contribution in [1.29, 1.82) is 0 Å². The topological polar surface area (TPSA) is 29.5 Å². The molecule has 1 aliphatic heterocycles. The Balaban J connectivity index is 2.46. The molecule has 3 heteroatoms. The third kappa shape index (κ3) is 2.63. The van der Waals surface area contributed by atoms with Crippen molar-refractivity contribution >= 4 is 6.09 Å². The summed E-state index contributed by atoms with van der Waals surface area (Å²) in [6.45, 7) is 9.77. The molecule has 0 bridgehead atoms. The third-order valence-corrected chi connectivity index (χ3v) is 3.11. The number of hydrogen-bond donors (Lipinski definition) is 0. The van der Waals surface area contributed by atoms with E-state index < -0.39 is 0 Å². The summed E-state index contributed by atoms with van der Waals surface area (Å²) in [5, 5.41) is 0. The zero-order valence-corrected chi connectivity index (χ0v) is 9.67. The van der Waals surface area contributed by atoms with Crippen molar-refractivity contribution in [3.05, 3.63) is 0 Å². The number of carbonyl (C=O) groups is 1. The number of carbonyl (C=O) groups excluding carboxylic acids is 1. The molecule has 0 aromatic rings. The highest BCUT2D eigenvalue weighted by molar-refractivity contribution is 5.68. The van der Waals surface area contributed by atoms with Crippen LogP contribution in [-0.2, 0) is 4.74 Å². The number of nitrogens with zero attached hydrogens (tertiary/aromatic N) is 1. The molecule has 1 rings (SSSR count). The monoisotopic (exact) mass is 199 g/mol. The quantitative estimate of drug-likeness (QED) is 0.684. The van der Waals surface area contributed by atoms with Gasteiger partial charge in [-0.25, -0.2) is 4.79 Å². The van der Waals surface area contributed by atoms with E-state index in [1.54, 1.807) is 4.90 Å². The van der Waals surface area contributed by atoms with Gasteiger partial charge in [0.25, 0.3) is 0 Å². The lowest BCUT2D eigenvalue weighted by Gasteiger charge is -2.31. The number of likely N-dealkylation sites (tertiary alicyclic amines) is 1. The Morgan fingerprint density at radius 1 is 1.29 bits per heavy atom. The van der Waals surface area contributed by atoms with Gasteiger partial charge in [-0.3, -0.25) is 0 Å². The van der Waals surface area contributed by atoms with Crippen molar-refractivity contribution in [2.24, 2.45) is 5.92 Å². The van der Waals surface area contributed by atoms with Gasteiger partial charge in [0.1, 0.15) is 5.60 Å². The maximum Gasteiger partial charge on any atom is 0.410 e. The van der Waals surface area contributed by atoms with Gasteiger partial charge in [0.2, 0.25) is 0 Å². The van der Waals surface area contributed by atoms with Gasteiger partial charge in [-0.1, -0.05) is 13.8 Å². The largest absolute Gasteiger partial charge is 0.443 e. The van der Waals surface area contributed by atoms with E-state index in [9.17, 15) is 4.79 Å². The first kappa shape index (κ1) is 11.3. The van der Waals surface area contributed by atoms with Crippen LogP contribution in [0.25, 0.3) is 0 Å². The average molecular weight is 199 g/mol. The van der Waals surface area contributed by atoms with Gasteiger partial charge in [0, 0.05) is 13.1 Å². The summed E-state index contributed by atoms with van der Waals surface area (Å²) in [6.07, 6.45) is 2.07. The molecule has 14 heavy (non-hydrogen) atoms. The first-order valence-electron chi connectivity index (χ1n) is 5.41. The van der Waals surface area contributed by atoms with E-state index in [4.69, 9.17) is 4.74 Å². The molecule has 0 aromatic carbocycles. The van der Waals surface area contributed by atoms with E-state index in [-0.39, 0.29) is 11.7 Å². The first-order valence-corrected chi connectivity index (χ1v) is 5.41. The maximum absolute atomic E-state index is 11.7. The van der Waals surface area contributed by atoms with E-state index in [2.05, 4.69) is 13.8 Å². The van der Waals surface area contributed by atoms with E-state index in [0.29, 0.717) is 5.92 Å². The van der Waals surface area contributed by atoms with Crippen molar-refractivity contribution < 1.29 is 9.53 Å². The molecule has 1 fully saturated rings. The van der Waals surface area contributed by atoms with Crippen LogP contribution in [0.5, 0.6) is 0 Å². The van der Waals surface area contributed by atoms with Crippen molar-refractivity contribution in [1.82, 2.24) is 4.90 Å². The molecule has 0 spiro atoms. The molecule has 0 N–H and O–H groups in total. The minimum Gasteiger partial charge on any atom is -0.443 e. The molecule has 82 valence electrons. The molecule has 1 aliphatic rings. The van der Waals surface area contributed by atoms with Crippen LogP contribution < -0.4 is 0 Å². The fourth-order valence-electron chi connectivity index (χ4n) is 1.31. The van der Waals surface area contributed by atoms with Crippen LogP contribution >= 0.6 is 0 Å². The molecule has 0 aliphatic carbocycles. The van der Waals surface area contributed by atoms with Gasteiger partial charge in [0.05, 0.1) is 0 Å². The maximum atomic E-state index is 11.7. The smallest absolute Gasteiger partial charge is 0.410 e. The standard InChI is InChI=1S/C11H21NO2/c1-9(2)11(3,4)14-10(13)12-7-5-6-8-12/h9H,5-8H2,1-4H3. The molecule has 0 unspecified atom stereocenters. The Morgan fingerprint density at radius 2 is 1.79 bits per heavy atom. The Labute approximate surface area is 86.4 Å². The molecule has 0 radical (unpaired) electrons. The second-order valence-electron chi connectivity index (χ2n) is 4.82. The Kier molecular flexibility index (Phi) is 3.40. The molecular weight excluding hydrogens is 178 g/mol. The van der Waals surface area contributed by atoms with Gasteiger partial charge in [-0.15, -0.1) is 0 Å². The van der Waals surface area contributed by atoms with Gasteiger partial charge < -0.3 is 9.64 Å². The summed E-state index contributed by atoms with van der Waals surface area (Å²) in [5.74, 6) is 0.342. The zero-order valence-electron chi connectivity index (χ0n) is 9.67. The van der Waals surface area contributed by atoms with Crippen LogP contribution in [0, 0.1) is 5.92 Å². The Bertz CT molecular complexity index is 205. The SMILES string of the molecule is CC(C)C(C)(C)OC(=O)N1CCCC1. The molecule has 1 amide bonds. The second-order valence-corrected chi connectivity index (χ2v) is 4.82. The van der Waals surface area contributed by atoms with Gasteiger partial charge in [0.15, 0.2) is 0 Å². The molecule has 0 saturated carbocycles. The predicted octanol–water partition coefficient (Wildman–Crippen LogP) is 2.65. The molecule has 0 atom stereocenters. The van der Waals surface area contributed by atoms with Gasteiger partial charge in [-0.05, 0) is 32.6 Å². The first-order chi connectivity index (χ1) is 6.43. The van der Waals surface area contributed by atoms with Crippen molar-refractivity contribution in [2.45, 2.75) is 46.1 Å². The summed E-state index contributed by atoms with van der Waals surface area (Å²) in [6, 6.07) is 0. The highest BCUT2D eigenvalue weighted by Gasteiger charge is 2.30. The number of rotatable bonds is 2. The third-order valence-electron chi connectivity index (χ3n) is 3.11. The van der Waals surface area contributed by atoms with Crippen LogP contribution in [0.3, 0.4) is 0 Å². The van der Waals surface area contributed by atoms with E-state index in [0.717, 1.165) is 25.9 Å². The van der Waals surface area contributed by atoms with Crippen LogP contribution in [-0.4, -0.2) is 29.7 Å². The molecule has 0 aromatic heterocycles. The highest BCUT2D eigenvalue weighted by atomic mass is 16.6. The van der Waals surface area contributed by atoms with Crippen LogP contribution in [0.4, 0.5) is 4.79 Å². The van der Waals surface area contributed by atoms with E-state index in [1.807, 2.05) is 13.8 Å². The second kappa shape index (κ2) is 4.20. The lowest BCUT2D eigenvalue weighted by atomic mass is 9.95. The molecular formula is C11H21NO2. The lowest BCUT2D eigenvalue weighted by molar-refractivity contribution is -0.0118. The number of amides is 1. The zero-order chi connectivity index (χ0) is 10.8. The summed E-state index contributed by atoms with van der Waals surface area (Å²) in [5.41, 5.74) is -0.361. The summed E-state index contributed by atoms with van der Waals surface area (Å²) in [4.78, 5) is 13.5. The normalized spacial score (nSPS) is 17.6. The molecule has 1 saturated heterocycles. The van der Waals surface area contributed by atoms with Gasteiger partial charge in [-0.2, -0.15) is 0 Å². The summed E-state index contributed by atoms with van der Waals surface area (Å²) in [7, 11) is 0. The van der Waals surface area contributed by atoms with Crippen molar-refractivity contribution in [3.63, 3.8) is 0 Å². The number of ether oxygens (including phenoxy) is 1. The van der Waals surface area contributed by atoms with Crippen LogP contribution in [0.1, 0.15) is 40.5 Å². The lowest BCUT2D eigenvalue weighted by Crippen LogP contribution is -2.39. The van der Waals surface area contributed by atoms with Crippen molar-refractivity contribution in [2.75, 3.05) is 13.1 Å². The highest BCUT2D eigenvalue weighted by Crippen LogP contribution is 2.22. The number of hydrogen-bond acceptors (Lipinski definition) is 2. The average Bonchev–Trinajstić information content (AvgIpc) is 2.54. The van der Waals surface area contributed by atoms with Crippen LogP contribution in [0.15, 0.2) is 0 Å². The summed E-state index contributed by atoms with van der Waals surface area (Å²) >= 11 is 0. The van der Waals surface area contributed by atoms with E-state index >= 15 is 0 Å². The molecule has 3 nitrogen and oxygen atoms in total. The Hall–Kier alpha value is -0.730.